The zero-order valence-corrected chi connectivity index (χ0v) is 13.0. The van der Waals surface area contributed by atoms with Crippen molar-refractivity contribution in [2.75, 3.05) is 26.0 Å². The number of pyridine rings is 1. The summed E-state index contributed by atoms with van der Waals surface area (Å²) in [6.07, 6.45) is 0. The number of hydrogen-bond acceptors (Lipinski definition) is 3. The molecule has 0 spiro atoms. The molecule has 3 nitrogen and oxygen atoms in total. The molecule has 0 amide bonds. The van der Waals surface area contributed by atoms with E-state index in [1.165, 1.54) is 5.56 Å². The second-order valence-electron chi connectivity index (χ2n) is 4.71. The Labute approximate surface area is 123 Å². The average molecular weight is 298 g/mol. The molecule has 0 radical (unpaired) electrons. The number of nitrogens with zero attached hydrogens (tertiary/aromatic N) is 2. The van der Waals surface area contributed by atoms with Gasteiger partial charge in [0, 0.05) is 37.3 Å². The fourth-order valence-corrected chi connectivity index (χ4v) is 2.67. The molecule has 0 bridgehead atoms. The molecule has 1 aromatic carbocycles. The van der Waals surface area contributed by atoms with E-state index in [1.807, 2.05) is 40.2 Å². The van der Waals surface area contributed by atoms with Gasteiger partial charge < -0.3 is 10.2 Å². The maximum absolute atomic E-state index is 6.28. The smallest absolute Gasteiger partial charge is 0.0927 e. The van der Waals surface area contributed by atoms with Crippen LogP contribution in [0, 0.1) is 6.92 Å². The minimum absolute atomic E-state index is 0.515. The Bertz CT molecular complexity index is 624. The van der Waals surface area contributed by atoms with E-state index in [-0.39, 0.29) is 0 Å². The minimum atomic E-state index is 0.515. The molecule has 2 rings (SSSR count). The fraction of sp³-hybridized carbons (Fsp3) is 0.357. The second-order valence-corrected chi connectivity index (χ2v) is 5.49. The Kier molecular flexibility index (Phi) is 4.19. The summed E-state index contributed by atoms with van der Waals surface area (Å²) in [5.41, 5.74) is 4.04. The number of aromatic nitrogens is 1. The number of aryl methyl sites for hydroxylation is 1. The van der Waals surface area contributed by atoms with Gasteiger partial charge in [0.05, 0.1) is 21.2 Å². The van der Waals surface area contributed by atoms with Gasteiger partial charge in [0.25, 0.3) is 0 Å². The number of rotatable bonds is 3. The van der Waals surface area contributed by atoms with Crippen LogP contribution in [0.2, 0.25) is 10.0 Å². The molecule has 102 valence electrons. The van der Waals surface area contributed by atoms with Crippen molar-refractivity contribution < 1.29 is 0 Å². The summed E-state index contributed by atoms with van der Waals surface area (Å²) in [4.78, 5) is 6.71. The summed E-state index contributed by atoms with van der Waals surface area (Å²) in [7, 11) is 5.98. The second kappa shape index (κ2) is 5.53. The van der Waals surface area contributed by atoms with Crippen LogP contribution in [-0.4, -0.2) is 26.1 Å². The van der Waals surface area contributed by atoms with Gasteiger partial charge in [0.1, 0.15) is 0 Å². The van der Waals surface area contributed by atoms with Gasteiger partial charge in [-0.25, -0.2) is 0 Å². The normalized spacial score (nSPS) is 11.1. The van der Waals surface area contributed by atoms with Gasteiger partial charge in [-0.2, -0.15) is 0 Å². The molecule has 19 heavy (non-hydrogen) atoms. The third kappa shape index (κ3) is 2.50. The Morgan fingerprint density at radius 3 is 2.53 bits per heavy atom. The van der Waals surface area contributed by atoms with Crippen LogP contribution >= 0.6 is 23.2 Å². The van der Waals surface area contributed by atoms with Crippen molar-refractivity contribution >= 4 is 39.8 Å². The van der Waals surface area contributed by atoms with Crippen molar-refractivity contribution in [3.63, 3.8) is 0 Å². The van der Waals surface area contributed by atoms with Crippen LogP contribution in [0.5, 0.6) is 0 Å². The lowest BCUT2D eigenvalue weighted by Gasteiger charge is -2.22. The van der Waals surface area contributed by atoms with Crippen molar-refractivity contribution in [1.29, 1.82) is 0 Å². The standard InChI is InChI=1S/C14H17Cl2N3/c1-8-10(7-17-2)14(19(3)4)9-5-6-11(15)12(16)13(9)18-8/h5-6,17H,7H2,1-4H3. The number of benzene rings is 1. The summed E-state index contributed by atoms with van der Waals surface area (Å²) < 4.78 is 0. The summed E-state index contributed by atoms with van der Waals surface area (Å²) >= 11 is 12.4. The van der Waals surface area contributed by atoms with E-state index in [1.54, 1.807) is 0 Å². The van der Waals surface area contributed by atoms with Gasteiger partial charge in [0.15, 0.2) is 0 Å². The molecular weight excluding hydrogens is 281 g/mol. The van der Waals surface area contributed by atoms with E-state index in [0.717, 1.165) is 28.8 Å². The number of halogens is 2. The third-order valence-electron chi connectivity index (χ3n) is 3.13. The van der Waals surface area contributed by atoms with E-state index in [4.69, 9.17) is 23.2 Å². The van der Waals surface area contributed by atoms with E-state index < -0.39 is 0 Å². The van der Waals surface area contributed by atoms with Crippen molar-refractivity contribution in [3.8, 4) is 0 Å². The SMILES string of the molecule is CNCc1c(C)nc2c(Cl)c(Cl)ccc2c1N(C)C. The predicted molar refractivity (Wildman–Crippen MR) is 83.6 cm³/mol. The topological polar surface area (TPSA) is 28.2 Å². The van der Waals surface area contributed by atoms with Crippen molar-refractivity contribution in [2.45, 2.75) is 13.5 Å². The highest BCUT2D eigenvalue weighted by atomic mass is 35.5. The molecule has 2 aromatic rings. The quantitative estimate of drug-likeness (QED) is 0.937. The fourth-order valence-electron chi connectivity index (χ4n) is 2.31. The zero-order valence-electron chi connectivity index (χ0n) is 11.5. The van der Waals surface area contributed by atoms with Crippen molar-refractivity contribution in [3.05, 3.63) is 33.4 Å². The highest BCUT2D eigenvalue weighted by Crippen LogP contribution is 2.37. The number of hydrogen-bond donors (Lipinski definition) is 1. The Morgan fingerprint density at radius 2 is 1.95 bits per heavy atom. The van der Waals surface area contributed by atoms with Gasteiger partial charge >= 0.3 is 0 Å². The van der Waals surface area contributed by atoms with E-state index in [2.05, 4.69) is 15.2 Å². The number of anilines is 1. The highest BCUT2D eigenvalue weighted by molar-refractivity contribution is 6.45. The molecule has 0 aliphatic rings. The van der Waals surface area contributed by atoms with Crippen LogP contribution in [0.1, 0.15) is 11.3 Å². The van der Waals surface area contributed by atoms with Crippen molar-refractivity contribution in [1.82, 2.24) is 10.3 Å². The Balaban J connectivity index is 2.88. The minimum Gasteiger partial charge on any atom is -0.377 e. The van der Waals surface area contributed by atoms with E-state index in [0.29, 0.717) is 10.0 Å². The Hall–Kier alpha value is -1.03. The summed E-state index contributed by atoms with van der Waals surface area (Å²) in [5, 5.41) is 5.26. The van der Waals surface area contributed by atoms with Crippen LogP contribution in [-0.2, 0) is 6.54 Å². The molecule has 5 heteroatoms. The Morgan fingerprint density at radius 1 is 1.26 bits per heavy atom. The lowest BCUT2D eigenvalue weighted by Crippen LogP contribution is -2.17. The molecule has 0 fully saturated rings. The lowest BCUT2D eigenvalue weighted by atomic mass is 10.1. The van der Waals surface area contributed by atoms with Crippen LogP contribution in [0.15, 0.2) is 12.1 Å². The lowest BCUT2D eigenvalue weighted by molar-refractivity contribution is 0.804. The van der Waals surface area contributed by atoms with Crippen LogP contribution in [0.4, 0.5) is 5.69 Å². The van der Waals surface area contributed by atoms with Crippen LogP contribution < -0.4 is 10.2 Å². The molecule has 0 saturated carbocycles. The third-order valence-corrected chi connectivity index (χ3v) is 3.92. The largest absolute Gasteiger partial charge is 0.377 e. The average Bonchev–Trinajstić information content (AvgIpc) is 2.35. The first-order chi connectivity index (χ1) is 8.97. The van der Waals surface area contributed by atoms with Crippen molar-refractivity contribution in [2.24, 2.45) is 0 Å². The molecule has 0 atom stereocenters. The maximum atomic E-state index is 6.28. The zero-order chi connectivity index (χ0) is 14.2. The van der Waals surface area contributed by atoms with Gasteiger partial charge in [-0.15, -0.1) is 0 Å². The van der Waals surface area contributed by atoms with Gasteiger partial charge in [0.2, 0.25) is 0 Å². The first-order valence-corrected chi connectivity index (χ1v) is 6.82. The summed E-state index contributed by atoms with van der Waals surface area (Å²) in [6, 6.07) is 3.80. The molecule has 1 heterocycles. The first kappa shape index (κ1) is 14.4. The molecule has 0 aliphatic heterocycles. The molecule has 1 aromatic heterocycles. The molecular formula is C14H17Cl2N3. The monoisotopic (exact) mass is 297 g/mol. The van der Waals surface area contributed by atoms with Crippen LogP contribution in [0.25, 0.3) is 10.9 Å². The van der Waals surface area contributed by atoms with Gasteiger partial charge in [-0.3, -0.25) is 4.98 Å². The molecule has 0 saturated heterocycles. The van der Waals surface area contributed by atoms with E-state index in [9.17, 15) is 0 Å². The number of fused-ring (bicyclic) bond motifs is 1. The molecule has 1 N–H and O–H groups in total. The van der Waals surface area contributed by atoms with Gasteiger partial charge in [-0.1, -0.05) is 23.2 Å². The first-order valence-electron chi connectivity index (χ1n) is 6.06. The highest BCUT2D eigenvalue weighted by Gasteiger charge is 2.16. The van der Waals surface area contributed by atoms with Crippen LogP contribution in [0.3, 0.4) is 0 Å². The summed E-state index contributed by atoms with van der Waals surface area (Å²) in [6.45, 7) is 2.76. The maximum Gasteiger partial charge on any atom is 0.0927 e. The van der Waals surface area contributed by atoms with E-state index >= 15 is 0 Å². The van der Waals surface area contributed by atoms with Gasteiger partial charge in [-0.05, 0) is 26.1 Å². The predicted octanol–water partition coefficient (Wildman–Crippen LogP) is 3.64. The molecule has 0 aliphatic carbocycles. The summed E-state index contributed by atoms with van der Waals surface area (Å²) in [5.74, 6) is 0. The number of nitrogens with one attached hydrogen (secondary N) is 1. The molecule has 0 unspecified atom stereocenters.